The molecule has 2 N–H and O–H groups in total. The third kappa shape index (κ3) is 4.08. The molecule has 0 spiro atoms. The number of carbonyl (C=O) groups excluding carboxylic acids is 2. The summed E-state index contributed by atoms with van der Waals surface area (Å²) >= 11 is 0. The third-order valence-corrected chi connectivity index (χ3v) is 7.23. The van der Waals surface area contributed by atoms with Gasteiger partial charge in [-0.15, -0.1) is 0 Å². The number of amides is 2. The molecule has 1 heterocycles. The Hall–Kier alpha value is -3.35. The van der Waals surface area contributed by atoms with Crippen molar-refractivity contribution in [2.75, 3.05) is 13.2 Å². The molecule has 7 nitrogen and oxygen atoms in total. The van der Waals surface area contributed by atoms with Crippen LogP contribution in [0.1, 0.15) is 50.7 Å². The Kier molecular flexibility index (Phi) is 6.15. The summed E-state index contributed by atoms with van der Waals surface area (Å²) in [4.78, 5) is 39.0. The fourth-order valence-electron chi connectivity index (χ4n) is 5.03. The van der Waals surface area contributed by atoms with Crippen LogP contribution in [0.25, 0.3) is 11.1 Å². The number of fused-ring (bicyclic) bond motifs is 3. The van der Waals surface area contributed by atoms with E-state index in [1.165, 1.54) is 0 Å². The minimum atomic E-state index is -1.18. The number of rotatable bonds is 6. The van der Waals surface area contributed by atoms with Gasteiger partial charge in [-0.1, -0.05) is 55.5 Å². The molecule has 2 amide bonds. The van der Waals surface area contributed by atoms with Crippen LogP contribution in [0.15, 0.2) is 48.5 Å². The van der Waals surface area contributed by atoms with Crippen molar-refractivity contribution in [2.45, 2.75) is 51.1 Å². The molecule has 0 radical (unpaired) electrons. The van der Waals surface area contributed by atoms with E-state index in [1.54, 1.807) is 18.7 Å². The fourth-order valence-corrected chi connectivity index (χ4v) is 5.03. The molecule has 2 aliphatic rings. The van der Waals surface area contributed by atoms with Crippen molar-refractivity contribution >= 4 is 18.0 Å². The predicted molar refractivity (Wildman–Crippen MR) is 124 cm³/mol. The van der Waals surface area contributed by atoms with Crippen LogP contribution < -0.4 is 5.32 Å². The fraction of sp³-hybridized carbons (Fsp3) is 0.423. The molecule has 3 unspecified atom stereocenters. The van der Waals surface area contributed by atoms with Crippen molar-refractivity contribution in [3.63, 3.8) is 0 Å². The van der Waals surface area contributed by atoms with Crippen LogP contribution in [-0.4, -0.2) is 52.7 Å². The lowest BCUT2D eigenvalue weighted by Crippen LogP contribution is -2.58. The van der Waals surface area contributed by atoms with E-state index in [-0.39, 0.29) is 18.4 Å². The molecule has 174 valence electrons. The quantitative estimate of drug-likeness (QED) is 0.693. The molecular weight excluding hydrogens is 420 g/mol. The standard InChI is InChI=1S/C26H30N2O5/c1-4-26(3,24(31)28-14-13-17(16(28)2)23(29)30)27-25(32)33-15-22-20-11-7-5-9-18(20)19-10-6-8-12-21(19)22/h5-12,16-17,22H,4,13-15H2,1-3H3,(H,27,32)(H,29,30). The highest BCUT2D eigenvalue weighted by Gasteiger charge is 2.45. The van der Waals surface area contributed by atoms with E-state index in [1.807, 2.05) is 31.2 Å². The number of carbonyl (C=O) groups is 3. The van der Waals surface area contributed by atoms with Crippen LogP contribution in [0.2, 0.25) is 0 Å². The second kappa shape index (κ2) is 8.89. The van der Waals surface area contributed by atoms with E-state index in [0.29, 0.717) is 19.4 Å². The highest BCUT2D eigenvalue weighted by molar-refractivity contribution is 5.90. The van der Waals surface area contributed by atoms with Gasteiger partial charge < -0.3 is 20.1 Å². The second-order valence-corrected chi connectivity index (χ2v) is 9.11. The number of carboxylic acid groups (broad SMARTS) is 1. The summed E-state index contributed by atoms with van der Waals surface area (Å²) < 4.78 is 5.62. The lowest BCUT2D eigenvalue weighted by molar-refractivity contribution is -0.144. The molecule has 0 bridgehead atoms. The number of nitrogens with one attached hydrogen (secondary N) is 1. The van der Waals surface area contributed by atoms with E-state index in [9.17, 15) is 19.5 Å². The Morgan fingerprint density at radius 1 is 1.09 bits per heavy atom. The van der Waals surface area contributed by atoms with Crippen LogP contribution in [0.5, 0.6) is 0 Å². The normalized spacial score (nSPS) is 21.1. The molecule has 7 heteroatoms. The first-order chi connectivity index (χ1) is 15.8. The smallest absolute Gasteiger partial charge is 0.408 e. The van der Waals surface area contributed by atoms with Gasteiger partial charge in [0.05, 0.1) is 5.92 Å². The van der Waals surface area contributed by atoms with E-state index in [2.05, 4.69) is 29.6 Å². The van der Waals surface area contributed by atoms with Crippen molar-refractivity contribution in [2.24, 2.45) is 5.92 Å². The molecule has 1 aliphatic heterocycles. The Labute approximate surface area is 193 Å². The molecule has 3 atom stereocenters. The first-order valence-electron chi connectivity index (χ1n) is 11.4. The van der Waals surface area contributed by atoms with Crippen molar-refractivity contribution < 1.29 is 24.2 Å². The average molecular weight is 451 g/mol. The zero-order chi connectivity index (χ0) is 23.8. The molecule has 2 aromatic carbocycles. The zero-order valence-electron chi connectivity index (χ0n) is 19.2. The number of nitrogens with zero attached hydrogens (tertiary/aromatic N) is 1. The Balaban J connectivity index is 1.44. The average Bonchev–Trinajstić information content (AvgIpc) is 3.35. The minimum Gasteiger partial charge on any atom is -0.481 e. The summed E-state index contributed by atoms with van der Waals surface area (Å²) in [5, 5.41) is 12.1. The Morgan fingerprint density at radius 3 is 2.18 bits per heavy atom. The lowest BCUT2D eigenvalue weighted by Gasteiger charge is -2.34. The van der Waals surface area contributed by atoms with Crippen LogP contribution in [0.3, 0.4) is 0 Å². The highest BCUT2D eigenvalue weighted by atomic mass is 16.5. The second-order valence-electron chi connectivity index (χ2n) is 9.11. The van der Waals surface area contributed by atoms with E-state index in [4.69, 9.17) is 4.74 Å². The number of likely N-dealkylation sites (tertiary alicyclic amines) is 1. The molecule has 1 saturated heterocycles. The van der Waals surface area contributed by atoms with Gasteiger partial charge in [-0.05, 0) is 48.9 Å². The number of hydrogen-bond donors (Lipinski definition) is 2. The first-order valence-corrected chi connectivity index (χ1v) is 11.4. The number of aliphatic carboxylic acids is 1. The van der Waals surface area contributed by atoms with Crippen molar-refractivity contribution in [3.8, 4) is 11.1 Å². The molecule has 4 rings (SSSR count). The minimum absolute atomic E-state index is 0.0679. The molecular formula is C26H30N2O5. The third-order valence-electron chi connectivity index (χ3n) is 7.23. The van der Waals surface area contributed by atoms with Crippen LogP contribution in [0, 0.1) is 5.92 Å². The lowest BCUT2D eigenvalue weighted by atomic mass is 9.95. The monoisotopic (exact) mass is 450 g/mol. The van der Waals surface area contributed by atoms with E-state index in [0.717, 1.165) is 22.3 Å². The van der Waals surface area contributed by atoms with Gasteiger partial charge in [-0.2, -0.15) is 0 Å². The maximum Gasteiger partial charge on any atom is 0.408 e. The Morgan fingerprint density at radius 2 is 1.67 bits per heavy atom. The van der Waals surface area contributed by atoms with Crippen LogP contribution in [0.4, 0.5) is 4.79 Å². The van der Waals surface area contributed by atoms with Crippen molar-refractivity contribution in [1.29, 1.82) is 0 Å². The van der Waals surface area contributed by atoms with Gasteiger partial charge in [0.1, 0.15) is 12.1 Å². The first kappa shape index (κ1) is 22.8. The zero-order valence-corrected chi connectivity index (χ0v) is 19.2. The molecule has 33 heavy (non-hydrogen) atoms. The van der Waals surface area contributed by atoms with Gasteiger partial charge in [0.15, 0.2) is 0 Å². The predicted octanol–water partition coefficient (Wildman–Crippen LogP) is 4.02. The SMILES string of the molecule is CCC(C)(NC(=O)OCC1c2ccccc2-c2ccccc21)C(=O)N1CCC(C(=O)O)C1C. The molecule has 2 aromatic rings. The number of benzene rings is 2. The summed E-state index contributed by atoms with van der Waals surface area (Å²) in [7, 11) is 0. The molecule has 1 aliphatic carbocycles. The van der Waals surface area contributed by atoms with E-state index >= 15 is 0 Å². The Bertz CT molecular complexity index is 1040. The van der Waals surface area contributed by atoms with Gasteiger partial charge in [-0.3, -0.25) is 9.59 Å². The number of carboxylic acids is 1. The maximum absolute atomic E-state index is 13.3. The summed E-state index contributed by atoms with van der Waals surface area (Å²) in [5.41, 5.74) is 3.35. The number of hydrogen-bond acceptors (Lipinski definition) is 4. The van der Waals surface area contributed by atoms with Gasteiger partial charge in [0.2, 0.25) is 5.91 Å². The maximum atomic E-state index is 13.3. The van der Waals surface area contributed by atoms with E-state index < -0.39 is 29.6 Å². The van der Waals surface area contributed by atoms with Gasteiger partial charge in [0.25, 0.3) is 0 Å². The van der Waals surface area contributed by atoms with Gasteiger partial charge in [0, 0.05) is 18.5 Å². The summed E-state index contributed by atoms with van der Waals surface area (Å²) in [6.45, 7) is 5.75. The van der Waals surface area contributed by atoms with Gasteiger partial charge in [-0.25, -0.2) is 4.79 Å². The number of ether oxygens (including phenoxy) is 1. The molecule has 1 fully saturated rings. The number of alkyl carbamates (subject to hydrolysis) is 1. The summed E-state index contributed by atoms with van der Waals surface area (Å²) in [5.74, 6) is -1.85. The van der Waals surface area contributed by atoms with Crippen molar-refractivity contribution in [1.82, 2.24) is 10.2 Å². The molecule has 0 aromatic heterocycles. The summed E-state index contributed by atoms with van der Waals surface area (Å²) in [6, 6.07) is 15.8. The van der Waals surface area contributed by atoms with Crippen LogP contribution >= 0.6 is 0 Å². The topological polar surface area (TPSA) is 95.9 Å². The molecule has 0 saturated carbocycles. The van der Waals surface area contributed by atoms with Gasteiger partial charge >= 0.3 is 12.1 Å². The largest absolute Gasteiger partial charge is 0.481 e. The highest BCUT2D eigenvalue weighted by Crippen LogP contribution is 2.44. The van der Waals surface area contributed by atoms with Crippen LogP contribution in [-0.2, 0) is 14.3 Å². The van der Waals surface area contributed by atoms with Crippen molar-refractivity contribution in [3.05, 3.63) is 59.7 Å². The summed E-state index contributed by atoms with van der Waals surface area (Å²) in [6.07, 6.45) is 0.112.